The first kappa shape index (κ1) is 12.0. The van der Waals surface area contributed by atoms with Gasteiger partial charge in [-0.15, -0.1) is 0 Å². The van der Waals surface area contributed by atoms with E-state index in [4.69, 9.17) is 0 Å². The number of aromatic hydroxyl groups is 1. The molecule has 92 valence electrons. The zero-order chi connectivity index (χ0) is 12.3. The molecule has 1 fully saturated rings. The predicted molar refractivity (Wildman–Crippen MR) is 67.1 cm³/mol. The highest BCUT2D eigenvalue weighted by Crippen LogP contribution is 2.28. The second-order valence-corrected chi connectivity index (χ2v) is 4.86. The number of carbonyl (C=O) groups is 1. The molecule has 0 saturated heterocycles. The summed E-state index contributed by atoms with van der Waals surface area (Å²) in [5, 5.41) is 12.5. The lowest BCUT2D eigenvalue weighted by Crippen LogP contribution is -2.27. The largest absolute Gasteiger partial charge is 0.507 e. The summed E-state index contributed by atoms with van der Waals surface area (Å²) in [5.41, 5.74) is 1.35. The van der Waals surface area contributed by atoms with Crippen LogP contribution in [0.5, 0.6) is 5.75 Å². The van der Waals surface area contributed by atoms with Crippen LogP contribution in [0.15, 0.2) is 18.2 Å². The number of phenolic OH excluding ortho intramolecular Hbond substituents is 1. The maximum absolute atomic E-state index is 11.8. The summed E-state index contributed by atoms with van der Waals surface area (Å²) in [6.07, 6.45) is 4.98. The first-order chi connectivity index (χ1) is 8.16. The topological polar surface area (TPSA) is 49.3 Å². The highest BCUT2D eigenvalue weighted by molar-refractivity contribution is 5.96. The highest BCUT2D eigenvalue weighted by atomic mass is 16.3. The van der Waals surface area contributed by atoms with Gasteiger partial charge in [0.05, 0.1) is 5.56 Å². The molecule has 0 aliphatic heterocycles. The molecule has 1 aliphatic rings. The Morgan fingerprint density at radius 1 is 1.47 bits per heavy atom. The Labute approximate surface area is 102 Å². The molecule has 0 bridgehead atoms. The first-order valence-corrected chi connectivity index (χ1v) is 6.24. The molecule has 1 saturated carbocycles. The van der Waals surface area contributed by atoms with Gasteiger partial charge < -0.3 is 10.4 Å². The third kappa shape index (κ3) is 2.99. The van der Waals surface area contributed by atoms with Crippen LogP contribution in [0.1, 0.15) is 41.6 Å². The second-order valence-electron chi connectivity index (χ2n) is 4.86. The number of phenols is 1. The van der Waals surface area contributed by atoms with Gasteiger partial charge in [0.1, 0.15) is 5.75 Å². The van der Waals surface area contributed by atoms with Crippen LogP contribution < -0.4 is 5.32 Å². The lowest BCUT2D eigenvalue weighted by molar-refractivity contribution is 0.0946. The minimum Gasteiger partial charge on any atom is -0.507 e. The number of aryl methyl sites for hydroxylation is 1. The van der Waals surface area contributed by atoms with Crippen molar-refractivity contribution < 1.29 is 9.90 Å². The van der Waals surface area contributed by atoms with Crippen LogP contribution in [0.3, 0.4) is 0 Å². The Hall–Kier alpha value is -1.51. The van der Waals surface area contributed by atoms with Crippen LogP contribution in [0.2, 0.25) is 0 Å². The Bertz CT molecular complexity index is 411. The van der Waals surface area contributed by atoms with Crippen molar-refractivity contribution in [3.8, 4) is 5.75 Å². The molecule has 0 spiro atoms. The van der Waals surface area contributed by atoms with Gasteiger partial charge in [-0.25, -0.2) is 0 Å². The number of benzene rings is 1. The molecule has 17 heavy (non-hydrogen) atoms. The molecule has 1 aromatic carbocycles. The average Bonchev–Trinajstić information content (AvgIpc) is 2.25. The van der Waals surface area contributed by atoms with Crippen molar-refractivity contribution >= 4 is 5.91 Å². The first-order valence-electron chi connectivity index (χ1n) is 6.24. The summed E-state index contributed by atoms with van der Waals surface area (Å²) < 4.78 is 0. The van der Waals surface area contributed by atoms with Crippen LogP contribution in [-0.4, -0.2) is 17.6 Å². The van der Waals surface area contributed by atoms with Crippen molar-refractivity contribution in [3.05, 3.63) is 29.3 Å². The number of hydrogen-bond donors (Lipinski definition) is 2. The molecule has 3 heteroatoms. The normalized spacial score (nSPS) is 15.4. The van der Waals surface area contributed by atoms with Gasteiger partial charge >= 0.3 is 0 Å². The van der Waals surface area contributed by atoms with E-state index in [0.717, 1.165) is 17.9 Å². The molecule has 0 heterocycles. The molecule has 1 amide bonds. The SMILES string of the molecule is Cc1ccc(O)c(C(=O)NCCC2CCC2)c1. The fourth-order valence-electron chi connectivity index (χ4n) is 2.10. The summed E-state index contributed by atoms with van der Waals surface area (Å²) in [6.45, 7) is 2.61. The predicted octanol–water partition coefficient (Wildman–Crippen LogP) is 2.62. The van der Waals surface area contributed by atoms with E-state index in [1.54, 1.807) is 18.2 Å². The van der Waals surface area contributed by atoms with Gasteiger partial charge in [-0.3, -0.25) is 4.79 Å². The van der Waals surface area contributed by atoms with Crippen LogP contribution in [0, 0.1) is 12.8 Å². The molecule has 1 aliphatic carbocycles. The van der Waals surface area contributed by atoms with Crippen molar-refractivity contribution in [2.24, 2.45) is 5.92 Å². The third-order valence-electron chi connectivity index (χ3n) is 3.46. The summed E-state index contributed by atoms with van der Waals surface area (Å²) >= 11 is 0. The summed E-state index contributed by atoms with van der Waals surface area (Å²) in [4.78, 5) is 11.8. The number of hydrogen-bond acceptors (Lipinski definition) is 2. The minimum absolute atomic E-state index is 0.0525. The zero-order valence-corrected chi connectivity index (χ0v) is 10.2. The van der Waals surface area contributed by atoms with E-state index in [0.29, 0.717) is 12.1 Å². The van der Waals surface area contributed by atoms with E-state index < -0.39 is 0 Å². The Kier molecular flexibility index (Phi) is 3.67. The van der Waals surface area contributed by atoms with Crippen LogP contribution in [-0.2, 0) is 0 Å². The van der Waals surface area contributed by atoms with Gasteiger partial charge in [-0.1, -0.05) is 30.9 Å². The average molecular weight is 233 g/mol. The van der Waals surface area contributed by atoms with Crippen molar-refractivity contribution in [2.75, 3.05) is 6.54 Å². The number of rotatable bonds is 4. The number of nitrogens with one attached hydrogen (secondary N) is 1. The van der Waals surface area contributed by atoms with E-state index in [-0.39, 0.29) is 11.7 Å². The van der Waals surface area contributed by atoms with Crippen molar-refractivity contribution in [3.63, 3.8) is 0 Å². The molecule has 2 N–H and O–H groups in total. The molecule has 0 aromatic heterocycles. The van der Waals surface area contributed by atoms with Gasteiger partial charge in [0.15, 0.2) is 0 Å². The van der Waals surface area contributed by atoms with Crippen molar-refractivity contribution in [2.45, 2.75) is 32.6 Å². The maximum atomic E-state index is 11.8. The Morgan fingerprint density at radius 3 is 2.88 bits per heavy atom. The lowest BCUT2D eigenvalue weighted by Gasteiger charge is -2.25. The van der Waals surface area contributed by atoms with E-state index in [9.17, 15) is 9.90 Å². The van der Waals surface area contributed by atoms with Gasteiger partial charge in [0.2, 0.25) is 0 Å². The summed E-state index contributed by atoms with van der Waals surface area (Å²) in [7, 11) is 0. The van der Waals surface area contributed by atoms with Crippen LogP contribution in [0.4, 0.5) is 0 Å². The van der Waals surface area contributed by atoms with E-state index in [1.165, 1.54) is 19.3 Å². The van der Waals surface area contributed by atoms with Crippen LogP contribution in [0.25, 0.3) is 0 Å². The van der Waals surface area contributed by atoms with Crippen LogP contribution >= 0.6 is 0 Å². The number of amides is 1. The van der Waals surface area contributed by atoms with E-state index in [1.807, 2.05) is 6.92 Å². The van der Waals surface area contributed by atoms with Gasteiger partial charge in [0, 0.05) is 6.54 Å². The molecule has 2 rings (SSSR count). The molecule has 3 nitrogen and oxygen atoms in total. The lowest BCUT2D eigenvalue weighted by atomic mass is 9.83. The van der Waals surface area contributed by atoms with E-state index in [2.05, 4.69) is 5.32 Å². The third-order valence-corrected chi connectivity index (χ3v) is 3.46. The fourth-order valence-corrected chi connectivity index (χ4v) is 2.10. The van der Waals surface area contributed by atoms with Crippen molar-refractivity contribution in [1.82, 2.24) is 5.32 Å². The van der Waals surface area contributed by atoms with E-state index >= 15 is 0 Å². The quantitative estimate of drug-likeness (QED) is 0.839. The standard InChI is InChI=1S/C14H19NO2/c1-10-5-6-13(16)12(9-10)14(17)15-8-7-11-3-2-4-11/h5-6,9,11,16H,2-4,7-8H2,1H3,(H,15,17). The fraction of sp³-hybridized carbons (Fsp3) is 0.500. The minimum atomic E-state index is -0.175. The molecular weight excluding hydrogens is 214 g/mol. The Balaban J connectivity index is 1.87. The smallest absolute Gasteiger partial charge is 0.255 e. The maximum Gasteiger partial charge on any atom is 0.255 e. The Morgan fingerprint density at radius 2 is 2.24 bits per heavy atom. The molecule has 0 radical (unpaired) electrons. The van der Waals surface area contributed by atoms with Gasteiger partial charge in [0.25, 0.3) is 5.91 Å². The van der Waals surface area contributed by atoms with Crippen molar-refractivity contribution in [1.29, 1.82) is 0 Å². The zero-order valence-electron chi connectivity index (χ0n) is 10.2. The molecular formula is C14H19NO2. The molecule has 0 unspecified atom stereocenters. The second kappa shape index (κ2) is 5.21. The summed E-state index contributed by atoms with van der Waals surface area (Å²) in [6, 6.07) is 5.07. The highest BCUT2D eigenvalue weighted by Gasteiger charge is 2.17. The summed E-state index contributed by atoms with van der Waals surface area (Å²) in [5.74, 6) is 0.670. The monoisotopic (exact) mass is 233 g/mol. The molecule has 1 aromatic rings. The molecule has 0 atom stereocenters. The van der Waals surface area contributed by atoms with Gasteiger partial charge in [-0.05, 0) is 31.4 Å². The van der Waals surface area contributed by atoms with Gasteiger partial charge in [-0.2, -0.15) is 0 Å². The number of carbonyl (C=O) groups excluding carboxylic acids is 1.